The normalized spacial score (nSPS) is 13.0. The van der Waals surface area contributed by atoms with Gasteiger partial charge in [-0.15, -0.1) is 0 Å². The quantitative estimate of drug-likeness (QED) is 0.717. The molecule has 3 N–H and O–H groups in total. The van der Waals surface area contributed by atoms with Crippen LogP contribution in [0.2, 0.25) is 0 Å². The molecule has 0 spiro atoms. The first kappa shape index (κ1) is 19.7. The van der Waals surface area contributed by atoms with E-state index in [2.05, 4.69) is 47.8 Å². The summed E-state index contributed by atoms with van der Waals surface area (Å²) >= 11 is 0. The Kier molecular flexibility index (Phi) is 6.16. The van der Waals surface area contributed by atoms with E-state index in [1.807, 2.05) is 18.2 Å². The minimum atomic E-state index is -0.299. The Hall–Kier alpha value is -3.06. The molecule has 2 aromatic carbocycles. The Morgan fingerprint density at radius 3 is 2.71 bits per heavy atom. The average Bonchev–Trinajstić information content (AvgIpc) is 2.67. The van der Waals surface area contributed by atoms with Gasteiger partial charge < -0.3 is 20.7 Å². The molecule has 148 valence electrons. The van der Waals surface area contributed by atoms with E-state index in [1.165, 1.54) is 5.56 Å². The van der Waals surface area contributed by atoms with E-state index >= 15 is 0 Å². The highest BCUT2D eigenvalue weighted by Crippen LogP contribution is 2.30. The summed E-state index contributed by atoms with van der Waals surface area (Å²) in [4.78, 5) is 25.9. The molecule has 28 heavy (non-hydrogen) atoms. The first-order valence-corrected chi connectivity index (χ1v) is 9.31. The maximum Gasteiger partial charge on any atom is 0.319 e. The summed E-state index contributed by atoms with van der Waals surface area (Å²) in [5.41, 5.74) is 3.48. The number of anilines is 2. The van der Waals surface area contributed by atoms with Crippen molar-refractivity contribution >= 4 is 23.3 Å². The monoisotopic (exact) mass is 382 g/mol. The number of carbonyl (C=O) groups is 2. The van der Waals surface area contributed by atoms with Gasteiger partial charge in [-0.05, 0) is 44.2 Å². The lowest BCUT2D eigenvalue weighted by Crippen LogP contribution is -2.30. The zero-order valence-electron chi connectivity index (χ0n) is 16.4. The highest BCUT2D eigenvalue weighted by atomic mass is 16.5. The molecular weight excluding hydrogens is 356 g/mol. The molecule has 0 atom stereocenters. The van der Waals surface area contributed by atoms with E-state index in [0.717, 1.165) is 12.1 Å². The SMILES string of the molecule is CC(C)N(C)Cc1ccccc1CNC(=O)Nc1ccc2c(c1)OCC(=O)N2. The van der Waals surface area contributed by atoms with Crippen LogP contribution in [0.15, 0.2) is 42.5 Å². The fraction of sp³-hybridized carbons (Fsp3) is 0.333. The van der Waals surface area contributed by atoms with Gasteiger partial charge in [0, 0.05) is 30.9 Å². The molecule has 7 nitrogen and oxygen atoms in total. The van der Waals surface area contributed by atoms with Gasteiger partial charge in [0.25, 0.3) is 5.91 Å². The highest BCUT2D eigenvalue weighted by molar-refractivity contribution is 5.96. The van der Waals surface area contributed by atoms with Crippen molar-refractivity contribution in [2.45, 2.75) is 33.0 Å². The van der Waals surface area contributed by atoms with Crippen molar-refractivity contribution in [3.05, 3.63) is 53.6 Å². The fourth-order valence-corrected chi connectivity index (χ4v) is 2.84. The fourth-order valence-electron chi connectivity index (χ4n) is 2.84. The Balaban J connectivity index is 1.59. The number of hydrogen-bond donors (Lipinski definition) is 3. The van der Waals surface area contributed by atoms with Crippen LogP contribution in [0.5, 0.6) is 5.75 Å². The molecule has 0 saturated carbocycles. The van der Waals surface area contributed by atoms with Crippen LogP contribution in [0, 0.1) is 0 Å². The Labute approximate surface area is 165 Å². The smallest absolute Gasteiger partial charge is 0.319 e. The number of carbonyl (C=O) groups excluding carboxylic acids is 2. The summed E-state index contributed by atoms with van der Waals surface area (Å²) < 4.78 is 5.37. The van der Waals surface area contributed by atoms with E-state index in [0.29, 0.717) is 29.7 Å². The molecule has 0 aliphatic carbocycles. The van der Waals surface area contributed by atoms with Gasteiger partial charge in [-0.3, -0.25) is 9.69 Å². The average molecular weight is 382 g/mol. The van der Waals surface area contributed by atoms with Gasteiger partial charge in [-0.25, -0.2) is 4.79 Å². The predicted octanol–water partition coefficient (Wildman–Crippen LogP) is 3.18. The zero-order chi connectivity index (χ0) is 20.1. The molecule has 0 bridgehead atoms. The van der Waals surface area contributed by atoms with Crippen molar-refractivity contribution < 1.29 is 14.3 Å². The highest BCUT2D eigenvalue weighted by Gasteiger charge is 2.16. The van der Waals surface area contributed by atoms with E-state index < -0.39 is 0 Å². The number of nitrogens with one attached hydrogen (secondary N) is 3. The van der Waals surface area contributed by atoms with Gasteiger partial charge in [0.05, 0.1) is 5.69 Å². The zero-order valence-corrected chi connectivity index (χ0v) is 16.4. The lowest BCUT2D eigenvalue weighted by atomic mass is 10.1. The molecule has 0 radical (unpaired) electrons. The van der Waals surface area contributed by atoms with Gasteiger partial charge in [-0.1, -0.05) is 24.3 Å². The molecule has 2 aromatic rings. The molecule has 1 aliphatic rings. The first-order chi connectivity index (χ1) is 13.4. The Morgan fingerprint density at radius 2 is 1.96 bits per heavy atom. The molecule has 0 unspecified atom stereocenters. The number of nitrogens with zero attached hydrogens (tertiary/aromatic N) is 1. The number of amides is 3. The molecule has 0 aromatic heterocycles. The van der Waals surface area contributed by atoms with Gasteiger partial charge in [0.2, 0.25) is 0 Å². The number of hydrogen-bond acceptors (Lipinski definition) is 4. The summed E-state index contributed by atoms with van der Waals surface area (Å²) in [5, 5.41) is 8.42. The van der Waals surface area contributed by atoms with E-state index in [1.54, 1.807) is 18.2 Å². The van der Waals surface area contributed by atoms with Crippen molar-refractivity contribution in [2.24, 2.45) is 0 Å². The van der Waals surface area contributed by atoms with E-state index in [4.69, 9.17) is 4.74 Å². The largest absolute Gasteiger partial charge is 0.482 e. The maximum atomic E-state index is 12.3. The van der Waals surface area contributed by atoms with Crippen LogP contribution < -0.4 is 20.7 Å². The van der Waals surface area contributed by atoms with E-state index in [-0.39, 0.29) is 18.5 Å². The van der Waals surface area contributed by atoms with Crippen molar-refractivity contribution in [1.29, 1.82) is 0 Å². The van der Waals surface area contributed by atoms with Crippen LogP contribution in [-0.2, 0) is 17.9 Å². The first-order valence-electron chi connectivity index (χ1n) is 9.31. The number of benzene rings is 2. The minimum absolute atomic E-state index is 0.0236. The molecule has 1 heterocycles. The van der Waals surface area contributed by atoms with Crippen molar-refractivity contribution in [2.75, 3.05) is 24.3 Å². The third kappa shape index (κ3) is 5.01. The summed E-state index contributed by atoms with van der Waals surface area (Å²) in [5.74, 6) is 0.354. The molecule has 7 heteroatoms. The molecule has 0 saturated heterocycles. The summed E-state index contributed by atoms with van der Waals surface area (Å²) in [6.45, 7) is 5.55. The predicted molar refractivity (Wildman–Crippen MR) is 109 cm³/mol. The number of ether oxygens (including phenoxy) is 1. The van der Waals surface area contributed by atoms with Crippen molar-refractivity contribution in [3.63, 3.8) is 0 Å². The molecule has 3 rings (SSSR count). The lowest BCUT2D eigenvalue weighted by molar-refractivity contribution is -0.118. The van der Waals surface area contributed by atoms with Crippen LogP contribution in [0.3, 0.4) is 0 Å². The summed E-state index contributed by atoms with van der Waals surface area (Å²) in [6, 6.07) is 13.4. The van der Waals surface area contributed by atoms with Gasteiger partial charge in [-0.2, -0.15) is 0 Å². The van der Waals surface area contributed by atoms with Crippen molar-refractivity contribution in [3.8, 4) is 5.75 Å². The summed E-state index contributed by atoms with van der Waals surface area (Å²) in [7, 11) is 2.09. The third-order valence-corrected chi connectivity index (χ3v) is 4.73. The van der Waals surface area contributed by atoms with Crippen LogP contribution in [0.4, 0.5) is 16.2 Å². The second-order valence-corrected chi connectivity index (χ2v) is 7.13. The lowest BCUT2D eigenvalue weighted by Gasteiger charge is -2.22. The standard InChI is InChI=1S/C21H26N4O3/c1-14(2)25(3)12-16-7-5-4-6-15(16)11-22-21(27)23-17-8-9-18-19(10-17)28-13-20(26)24-18/h4-10,14H,11-13H2,1-3H3,(H,24,26)(H2,22,23,27). The van der Waals surface area contributed by atoms with Crippen LogP contribution in [-0.4, -0.2) is 36.5 Å². The van der Waals surface area contributed by atoms with Gasteiger partial charge in [0.1, 0.15) is 5.75 Å². The number of fused-ring (bicyclic) bond motifs is 1. The Bertz CT molecular complexity index is 866. The second-order valence-electron chi connectivity index (χ2n) is 7.13. The topological polar surface area (TPSA) is 82.7 Å². The van der Waals surface area contributed by atoms with Gasteiger partial charge >= 0.3 is 6.03 Å². The van der Waals surface area contributed by atoms with Crippen LogP contribution in [0.1, 0.15) is 25.0 Å². The number of urea groups is 1. The molecular formula is C21H26N4O3. The summed E-state index contributed by atoms with van der Waals surface area (Å²) in [6.07, 6.45) is 0. The number of rotatable bonds is 6. The van der Waals surface area contributed by atoms with Crippen LogP contribution in [0.25, 0.3) is 0 Å². The van der Waals surface area contributed by atoms with Gasteiger partial charge in [0.15, 0.2) is 6.61 Å². The Morgan fingerprint density at radius 1 is 1.21 bits per heavy atom. The molecule has 3 amide bonds. The third-order valence-electron chi connectivity index (χ3n) is 4.73. The second kappa shape index (κ2) is 8.75. The molecule has 1 aliphatic heterocycles. The van der Waals surface area contributed by atoms with E-state index in [9.17, 15) is 9.59 Å². The van der Waals surface area contributed by atoms with Crippen LogP contribution >= 0.6 is 0 Å². The van der Waals surface area contributed by atoms with Crippen molar-refractivity contribution in [1.82, 2.24) is 10.2 Å². The minimum Gasteiger partial charge on any atom is -0.482 e. The maximum absolute atomic E-state index is 12.3. The molecule has 0 fully saturated rings.